The minimum Gasteiger partial charge on any atom is -0.497 e. The number of methoxy groups -OCH3 is 1. The van der Waals surface area contributed by atoms with E-state index in [1.807, 2.05) is 54.6 Å². The number of hydrogen-bond donors (Lipinski definition) is 3. The first-order valence-corrected chi connectivity index (χ1v) is 9.35. The summed E-state index contributed by atoms with van der Waals surface area (Å²) in [6.45, 7) is 0.525. The Balaban J connectivity index is 1.44. The van der Waals surface area contributed by atoms with Gasteiger partial charge in [-0.15, -0.1) is 0 Å². The van der Waals surface area contributed by atoms with Crippen LogP contribution in [0.3, 0.4) is 0 Å². The molecule has 3 aromatic carbocycles. The molecule has 0 unspecified atom stereocenters. The summed E-state index contributed by atoms with van der Waals surface area (Å²) in [7, 11) is 1.62. The van der Waals surface area contributed by atoms with Gasteiger partial charge in [0.1, 0.15) is 17.2 Å². The van der Waals surface area contributed by atoms with E-state index in [1.54, 1.807) is 31.4 Å². The lowest BCUT2D eigenvalue weighted by Crippen LogP contribution is -2.46. The highest BCUT2D eigenvalue weighted by atomic mass is 32.1. The molecule has 0 atom stereocenters. The fourth-order valence-corrected chi connectivity index (χ4v) is 2.58. The van der Waals surface area contributed by atoms with Crippen molar-refractivity contribution < 1.29 is 14.3 Å². The lowest BCUT2D eigenvalue weighted by atomic mass is 10.2. The Kier molecular flexibility index (Phi) is 7.02. The van der Waals surface area contributed by atoms with Gasteiger partial charge in [-0.1, -0.05) is 30.3 Å². The normalized spacial score (nSPS) is 9.97. The average Bonchev–Trinajstić information content (AvgIpc) is 2.77. The maximum atomic E-state index is 12.2. The van der Waals surface area contributed by atoms with Crippen LogP contribution in [0.2, 0.25) is 0 Å². The van der Waals surface area contributed by atoms with Crippen LogP contribution in [0.1, 0.15) is 15.9 Å². The number of nitrogens with one attached hydrogen (secondary N) is 3. The number of amides is 1. The topological polar surface area (TPSA) is 71.6 Å². The van der Waals surface area contributed by atoms with E-state index in [1.165, 1.54) is 0 Å². The van der Waals surface area contributed by atoms with Gasteiger partial charge in [0.05, 0.1) is 7.11 Å². The third kappa shape index (κ3) is 6.22. The van der Waals surface area contributed by atoms with Crippen molar-refractivity contribution in [3.63, 3.8) is 0 Å². The van der Waals surface area contributed by atoms with Crippen molar-refractivity contribution in [2.75, 3.05) is 7.11 Å². The molecule has 0 saturated carbocycles. The molecule has 0 fully saturated rings. The van der Waals surface area contributed by atoms with E-state index >= 15 is 0 Å². The van der Waals surface area contributed by atoms with Crippen LogP contribution in [0, 0.1) is 0 Å². The Morgan fingerprint density at radius 2 is 1.45 bits per heavy atom. The predicted octanol–water partition coefficient (Wildman–Crippen LogP) is 3.80. The molecule has 0 spiro atoms. The molecule has 148 valence electrons. The van der Waals surface area contributed by atoms with Crippen LogP contribution in [-0.4, -0.2) is 18.1 Å². The van der Waals surface area contributed by atoms with Crippen molar-refractivity contribution in [1.82, 2.24) is 16.2 Å². The number of benzene rings is 3. The molecule has 6 nitrogen and oxygen atoms in total. The zero-order valence-corrected chi connectivity index (χ0v) is 16.7. The summed E-state index contributed by atoms with van der Waals surface area (Å²) in [5.41, 5.74) is 6.78. The molecule has 0 aliphatic rings. The van der Waals surface area contributed by atoms with E-state index in [9.17, 15) is 4.79 Å². The number of carbonyl (C=O) groups excluding carboxylic acids is 1. The SMILES string of the molecule is COc1ccc(CNC(=S)NNC(=O)c2ccc(Oc3ccccc3)cc2)cc1. The molecule has 0 heterocycles. The second-order valence-electron chi connectivity index (χ2n) is 6.05. The van der Waals surface area contributed by atoms with Crippen molar-refractivity contribution in [3.05, 3.63) is 90.0 Å². The van der Waals surface area contributed by atoms with E-state index in [4.69, 9.17) is 21.7 Å². The summed E-state index contributed by atoms with van der Waals surface area (Å²) in [4.78, 5) is 12.2. The first-order chi connectivity index (χ1) is 14.1. The Morgan fingerprint density at radius 3 is 2.10 bits per heavy atom. The third-order valence-corrected chi connectivity index (χ3v) is 4.24. The number of rotatable bonds is 6. The predicted molar refractivity (Wildman–Crippen MR) is 116 cm³/mol. The van der Waals surface area contributed by atoms with E-state index in [-0.39, 0.29) is 5.91 Å². The molecule has 0 aromatic heterocycles. The van der Waals surface area contributed by atoms with Gasteiger partial charge in [0.2, 0.25) is 0 Å². The third-order valence-electron chi connectivity index (χ3n) is 4.00. The number of thiocarbonyl (C=S) groups is 1. The van der Waals surface area contributed by atoms with E-state index in [0.29, 0.717) is 23.0 Å². The monoisotopic (exact) mass is 407 g/mol. The van der Waals surface area contributed by atoms with Crippen molar-refractivity contribution in [2.24, 2.45) is 0 Å². The second-order valence-corrected chi connectivity index (χ2v) is 6.46. The highest BCUT2D eigenvalue weighted by molar-refractivity contribution is 7.80. The fraction of sp³-hybridized carbons (Fsp3) is 0.0909. The van der Waals surface area contributed by atoms with Crippen LogP contribution in [0.15, 0.2) is 78.9 Å². The highest BCUT2D eigenvalue weighted by Gasteiger charge is 2.06. The quantitative estimate of drug-likeness (QED) is 0.427. The first-order valence-electron chi connectivity index (χ1n) is 8.94. The Labute approximate surface area is 174 Å². The van der Waals surface area contributed by atoms with Gasteiger partial charge < -0.3 is 14.8 Å². The number of carbonyl (C=O) groups is 1. The van der Waals surface area contributed by atoms with Gasteiger partial charge in [0.25, 0.3) is 5.91 Å². The van der Waals surface area contributed by atoms with E-state index < -0.39 is 0 Å². The fourth-order valence-electron chi connectivity index (χ4n) is 2.45. The molecule has 3 N–H and O–H groups in total. The van der Waals surface area contributed by atoms with Crippen LogP contribution < -0.4 is 25.6 Å². The minimum atomic E-state index is -0.301. The largest absolute Gasteiger partial charge is 0.497 e. The van der Waals surface area contributed by atoms with Crippen molar-refractivity contribution in [1.29, 1.82) is 0 Å². The summed E-state index contributed by atoms with van der Waals surface area (Å²) in [5, 5.41) is 3.34. The molecule has 3 rings (SSSR count). The summed E-state index contributed by atoms with van der Waals surface area (Å²) in [6, 6.07) is 23.9. The molecular weight excluding hydrogens is 386 g/mol. The van der Waals surface area contributed by atoms with Crippen molar-refractivity contribution in [2.45, 2.75) is 6.54 Å². The number of ether oxygens (including phenoxy) is 2. The molecule has 7 heteroatoms. The first kappa shape index (κ1) is 20.2. The van der Waals surface area contributed by atoms with Crippen LogP contribution in [0.5, 0.6) is 17.2 Å². The van der Waals surface area contributed by atoms with Gasteiger partial charge in [0.15, 0.2) is 5.11 Å². The average molecular weight is 407 g/mol. The van der Waals surface area contributed by atoms with E-state index in [2.05, 4.69) is 16.2 Å². The van der Waals surface area contributed by atoms with Crippen LogP contribution in [0.4, 0.5) is 0 Å². The molecule has 1 amide bonds. The second kappa shape index (κ2) is 10.1. The smallest absolute Gasteiger partial charge is 0.269 e. The minimum absolute atomic E-state index is 0.301. The lowest BCUT2D eigenvalue weighted by Gasteiger charge is -2.12. The van der Waals surface area contributed by atoms with Gasteiger partial charge in [0, 0.05) is 12.1 Å². The van der Waals surface area contributed by atoms with Crippen LogP contribution in [-0.2, 0) is 6.54 Å². The van der Waals surface area contributed by atoms with Gasteiger partial charge in [-0.2, -0.15) is 0 Å². The van der Waals surface area contributed by atoms with Crippen molar-refractivity contribution >= 4 is 23.2 Å². The molecule has 0 aliphatic carbocycles. The maximum absolute atomic E-state index is 12.2. The zero-order valence-electron chi connectivity index (χ0n) is 15.8. The summed E-state index contributed by atoms with van der Waals surface area (Å²) in [5.74, 6) is 1.88. The highest BCUT2D eigenvalue weighted by Crippen LogP contribution is 2.21. The van der Waals surface area contributed by atoms with Crippen molar-refractivity contribution in [3.8, 4) is 17.2 Å². The summed E-state index contributed by atoms with van der Waals surface area (Å²) >= 11 is 5.18. The standard InChI is InChI=1S/C22H21N3O3S/c1-27-18-11-7-16(8-12-18)15-23-22(29)25-24-21(26)17-9-13-20(14-10-17)28-19-5-3-2-4-6-19/h2-14H,15H2,1H3,(H,24,26)(H2,23,25,29). The Hall–Kier alpha value is -3.58. The summed E-state index contributed by atoms with van der Waals surface area (Å²) in [6.07, 6.45) is 0. The van der Waals surface area contributed by atoms with Crippen LogP contribution >= 0.6 is 12.2 Å². The van der Waals surface area contributed by atoms with Gasteiger partial charge >= 0.3 is 0 Å². The number of para-hydroxylation sites is 1. The molecule has 29 heavy (non-hydrogen) atoms. The van der Waals surface area contributed by atoms with Gasteiger partial charge in [-0.05, 0) is 66.3 Å². The molecule has 3 aromatic rings. The van der Waals surface area contributed by atoms with Gasteiger partial charge in [-0.3, -0.25) is 15.6 Å². The zero-order chi connectivity index (χ0) is 20.5. The van der Waals surface area contributed by atoms with Crippen LogP contribution in [0.25, 0.3) is 0 Å². The molecule has 0 radical (unpaired) electrons. The number of hydrazine groups is 1. The molecule has 0 aliphatic heterocycles. The molecule has 0 saturated heterocycles. The molecule has 0 bridgehead atoms. The Morgan fingerprint density at radius 1 is 0.828 bits per heavy atom. The Bertz CT molecular complexity index is 945. The lowest BCUT2D eigenvalue weighted by molar-refractivity contribution is 0.0943. The number of hydrogen-bond acceptors (Lipinski definition) is 4. The van der Waals surface area contributed by atoms with Gasteiger partial charge in [-0.25, -0.2) is 0 Å². The maximum Gasteiger partial charge on any atom is 0.269 e. The summed E-state index contributed by atoms with van der Waals surface area (Å²) < 4.78 is 10.8. The van der Waals surface area contributed by atoms with E-state index in [0.717, 1.165) is 17.1 Å². The molecular formula is C22H21N3O3S.